The van der Waals surface area contributed by atoms with Crippen LogP contribution in [0.1, 0.15) is 38.8 Å². The van der Waals surface area contributed by atoms with E-state index in [4.69, 9.17) is 8.94 Å². The monoisotopic (exact) mass is 320 g/mol. The fraction of sp³-hybridized carbons (Fsp3) is 0.462. The third-order valence-corrected chi connectivity index (χ3v) is 3.91. The molecular formula is C13H16N6O2S. The number of tetrazole rings is 1. The van der Waals surface area contributed by atoms with Gasteiger partial charge in [-0.15, -0.1) is 5.10 Å². The van der Waals surface area contributed by atoms with E-state index in [1.54, 1.807) is 23.1 Å². The molecule has 3 heterocycles. The molecule has 0 aliphatic rings. The Kier molecular flexibility index (Phi) is 3.73. The van der Waals surface area contributed by atoms with E-state index in [1.807, 2.05) is 27.7 Å². The van der Waals surface area contributed by atoms with E-state index in [0.29, 0.717) is 22.6 Å². The lowest BCUT2D eigenvalue weighted by molar-refractivity contribution is 0.320. The molecule has 0 N–H and O–H groups in total. The first-order valence-corrected chi connectivity index (χ1v) is 7.66. The Morgan fingerprint density at radius 1 is 1.32 bits per heavy atom. The molecule has 3 rings (SSSR count). The first-order valence-electron chi connectivity index (χ1n) is 6.78. The van der Waals surface area contributed by atoms with Gasteiger partial charge >= 0.3 is 0 Å². The molecule has 22 heavy (non-hydrogen) atoms. The van der Waals surface area contributed by atoms with Gasteiger partial charge in [0.25, 0.3) is 0 Å². The van der Waals surface area contributed by atoms with Crippen molar-refractivity contribution in [1.29, 1.82) is 0 Å². The lowest BCUT2D eigenvalue weighted by atomic mass is 10.1. The Balaban J connectivity index is 1.78. The van der Waals surface area contributed by atoms with Crippen LogP contribution in [0.4, 0.5) is 0 Å². The first kappa shape index (κ1) is 14.8. The lowest BCUT2D eigenvalue weighted by Gasteiger charge is -2.19. The van der Waals surface area contributed by atoms with Gasteiger partial charge in [-0.05, 0) is 50.3 Å². The maximum atomic E-state index is 5.30. The smallest absolute Gasteiger partial charge is 0.240 e. The highest BCUT2D eigenvalue weighted by molar-refractivity contribution is 7.99. The van der Waals surface area contributed by atoms with Gasteiger partial charge in [0.05, 0.1) is 17.1 Å². The maximum Gasteiger partial charge on any atom is 0.240 e. The molecule has 0 spiro atoms. The van der Waals surface area contributed by atoms with E-state index in [-0.39, 0.29) is 10.8 Å². The van der Waals surface area contributed by atoms with Crippen molar-refractivity contribution < 1.29 is 8.94 Å². The maximum absolute atomic E-state index is 5.30. The fourth-order valence-electron chi connectivity index (χ4n) is 1.79. The van der Waals surface area contributed by atoms with Gasteiger partial charge in [-0.2, -0.15) is 4.98 Å². The van der Waals surface area contributed by atoms with Crippen LogP contribution in [0.3, 0.4) is 0 Å². The quantitative estimate of drug-likeness (QED) is 0.677. The standard InChI is InChI=1S/C13H16N6O2S/c1-8(22-12-15-17-18-19(12)13(2,3)4)11-14-10(16-21-11)9-6-5-7-20-9/h5-8H,1-4H3/t8-/m1/s1. The number of nitrogens with zero attached hydrogens (tertiary/aromatic N) is 6. The molecule has 0 aliphatic heterocycles. The Labute approximate surface area is 131 Å². The van der Waals surface area contributed by atoms with Crippen molar-refractivity contribution in [3.63, 3.8) is 0 Å². The third kappa shape index (κ3) is 2.89. The van der Waals surface area contributed by atoms with Crippen molar-refractivity contribution in [2.45, 2.75) is 43.6 Å². The first-order chi connectivity index (χ1) is 10.4. The Morgan fingerprint density at radius 3 is 2.82 bits per heavy atom. The van der Waals surface area contributed by atoms with E-state index in [1.165, 1.54) is 11.8 Å². The summed E-state index contributed by atoms with van der Waals surface area (Å²) in [6.07, 6.45) is 1.57. The van der Waals surface area contributed by atoms with Crippen LogP contribution >= 0.6 is 11.8 Å². The van der Waals surface area contributed by atoms with Crippen molar-refractivity contribution in [2.75, 3.05) is 0 Å². The normalized spacial score (nSPS) is 13.5. The van der Waals surface area contributed by atoms with Gasteiger partial charge in [-0.3, -0.25) is 0 Å². The van der Waals surface area contributed by atoms with Crippen molar-refractivity contribution in [2.24, 2.45) is 0 Å². The van der Waals surface area contributed by atoms with Crippen molar-refractivity contribution in [3.8, 4) is 11.6 Å². The fourth-order valence-corrected chi connectivity index (χ4v) is 2.79. The van der Waals surface area contributed by atoms with Crippen molar-refractivity contribution >= 4 is 11.8 Å². The van der Waals surface area contributed by atoms with E-state index >= 15 is 0 Å². The lowest BCUT2D eigenvalue weighted by Crippen LogP contribution is -2.24. The highest BCUT2D eigenvalue weighted by Gasteiger charge is 2.24. The van der Waals surface area contributed by atoms with Crippen molar-refractivity contribution in [3.05, 3.63) is 24.3 Å². The average Bonchev–Trinajstić information content (AvgIpc) is 3.18. The Bertz CT molecular complexity index is 743. The topological polar surface area (TPSA) is 95.7 Å². The zero-order valence-corrected chi connectivity index (χ0v) is 13.5. The molecule has 0 radical (unpaired) electrons. The highest BCUT2D eigenvalue weighted by atomic mass is 32.2. The van der Waals surface area contributed by atoms with Crippen LogP contribution in [0, 0.1) is 0 Å². The molecule has 8 nitrogen and oxygen atoms in total. The molecule has 1 atom stereocenters. The predicted octanol–water partition coefficient (Wildman–Crippen LogP) is 2.92. The van der Waals surface area contributed by atoms with Crippen LogP contribution in [-0.4, -0.2) is 30.3 Å². The van der Waals surface area contributed by atoms with E-state index in [0.717, 1.165) is 0 Å². The molecule has 0 saturated carbocycles. The van der Waals surface area contributed by atoms with Gasteiger partial charge in [-0.1, -0.05) is 16.9 Å². The Morgan fingerprint density at radius 2 is 2.14 bits per heavy atom. The largest absolute Gasteiger partial charge is 0.461 e. The predicted molar refractivity (Wildman–Crippen MR) is 79.1 cm³/mol. The molecule has 0 amide bonds. The number of hydrogen-bond donors (Lipinski definition) is 0. The molecule has 0 bridgehead atoms. The van der Waals surface area contributed by atoms with Crippen LogP contribution in [-0.2, 0) is 5.54 Å². The minimum atomic E-state index is -0.195. The molecule has 116 valence electrons. The number of thioether (sulfide) groups is 1. The molecule has 0 aliphatic carbocycles. The summed E-state index contributed by atoms with van der Waals surface area (Å²) in [5.41, 5.74) is -0.195. The molecule has 3 aromatic rings. The summed E-state index contributed by atoms with van der Waals surface area (Å²) >= 11 is 1.47. The summed E-state index contributed by atoms with van der Waals surface area (Å²) in [6.45, 7) is 8.09. The number of aromatic nitrogens is 6. The minimum Gasteiger partial charge on any atom is -0.461 e. The van der Waals surface area contributed by atoms with Gasteiger partial charge in [0.2, 0.25) is 16.9 Å². The zero-order chi connectivity index (χ0) is 15.7. The minimum absolute atomic E-state index is 0.0803. The average molecular weight is 320 g/mol. The van der Waals surface area contributed by atoms with Crippen LogP contribution < -0.4 is 0 Å². The molecule has 3 aromatic heterocycles. The molecule has 0 saturated heterocycles. The summed E-state index contributed by atoms with van der Waals surface area (Å²) in [4.78, 5) is 4.35. The Hall–Kier alpha value is -2.16. The van der Waals surface area contributed by atoms with Crippen LogP contribution in [0.2, 0.25) is 0 Å². The van der Waals surface area contributed by atoms with Gasteiger partial charge in [0, 0.05) is 0 Å². The summed E-state index contributed by atoms with van der Waals surface area (Å²) in [5, 5.41) is 16.4. The van der Waals surface area contributed by atoms with Gasteiger partial charge < -0.3 is 8.94 Å². The van der Waals surface area contributed by atoms with Gasteiger partial charge in [0.15, 0.2) is 5.76 Å². The molecule has 9 heteroatoms. The van der Waals surface area contributed by atoms with E-state index < -0.39 is 0 Å². The molecule has 0 fully saturated rings. The summed E-state index contributed by atoms with van der Waals surface area (Å²) in [5.74, 6) is 1.51. The second-order valence-electron chi connectivity index (χ2n) is 5.74. The third-order valence-electron chi connectivity index (χ3n) is 2.89. The second-order valence-corrected chi connectivity index (χ2v) is 7.05. The molecule has 0 aromatic carbocycles. The van der Waals surface area contributed by atoms with Crippen LogP contribution in [0.5, 0.6) is 0 Å². The van der Waals surface area contributed by atoms with E-state index in [9.17, 15) is 0 Å². The van der Waals surface area contributed by atoms with Crippen molar-refractivity contribution in [1.82, 2.24) is 30.3 Å². The zero-order valence-electron chi connectivity index (χ0n) is 12.7. The van der Waals surface area contributed by atoms with Crippen LogP contribution in [0.15, 0.2) is 32.5 Å². The molecular weight excluding hydrogens is 304 g/mol. The summed E-state index contributed by atoms with van der Waals surface area (Å²) in [6, 6.07) is 3.56. The number of furan rings is 1. The number of hydrogen-bond acceptors (Lipinski definition) is 8. The van der Waals surface area contributed by atoms with Gasteiger partial charge in [0.1, 0.15) is 0 Å². The molecule has 0 unspecified atom stereocenters. The number of rotatable bonds is 4. The summed E-state index contributed by atoms with van der Waals surface area (Å²) in [7, 11) is 0. The highest BCUT2D eigenvalue weighted by Crippen LogP contribution is 2.34. The summed E-state index contributed by atoms with van der Waals surface area (Å²) < 4.78 is 12.3. The second kappa shape index (κ2) is 5.56. The van der Waals surface area contributed by atoms with Crippen LogP contribution in [0.25, 0.3) is 11.6 Å². The van der Waals surface area contributed by atoms with E-state index in [2.05, 4.69) is 25.7 Å². The van der Waals surface area contributed by atoms with Gasteiger partial charge in [-0.25, -0.2) is 4.68 Å². The SMILES string of the molecule is C[C@@H](Sc1nnnn1C(C)(C)C)c1nc(-c2ccco2)no1.